The average molecular weight is 385 g/mol. The van der Waals surface area contributed by atoms with Gasteiger partial charge >= 0.3 is 0 Å². The predicted molar refractivity (Wildman–Crippen MR) is 108 cm³/mol. The van der Waals surface area contributed by atoms with Gasteiger partial charge in [-0.25, -0.2) is 9.97 Å². The number of para-hydroxylation sites is 1. The number of aliphatic hydroxyl groups excluding tert-OH is 1. The maximum atomic E-state index is 10.2. The first-order valence-corrected chi connectivity index (χ1v) is 9.64. The largest absolute Gasteiger partial charge is 0.497 e. The lowest BCUT2D eigenvalue weighted by atomic mass is 10.2. The highest BCUT2D eigenvalue weighted by Gasteiger charge is 2.10. The summed E-state index contributed by atoms with van der Waals surface area (Å²) in [7, 11) is 3.48. The molecule has 0 bridgehead atoms. The van der Waals surface area contributed by atoms with Crippen LogP contribution in [-0.4, -0.2) is 47.7 Å². The van der Waals surface area contributed by atoms with E-state index < -0.39 is 6.10 Å². The predicted octanol–water partition coefficient (Wildman–Crippen LogP) is 3.35. The molecule has 142 valence electrons. The average Bonchev–Trinajstić information content (AvgIpc) is 2.72. The Labute approximate surface area is 162 Å². The SMILES string of the molecule is CNc1nc(SC[C@@H](O)COCc2ccc(OC)cc2)nc2ccccc12. The van der Waals surface area contributed by atoms with Crippen molar-refractivity contribution >= 4 is 28.5 Å². The van der Waals surface area contributed by atoms with Crippen LogP contribution in [0, 0.1) is 0 Å². The molecule has 2 aromatic carbocycles. The fraction of sp³-hybridized carbons (Fsp3) is 0.300. The molecular weight excluding hydrogens is 362 g/mol. The van der Waals surface area contributed by atoms with E-state index in [1.807, 2.05) is 55.6 Å². The molecule has 3 rings (SSSR count). The molecule has 0 aliphatic heterocycles. The van der Waals surface area contributed by atoms with Crippen LogP contribution < -0.4 is 10.1 Å². The summed E-state index contributed by atoms with van der Waals surface area (Å²) < 4.78 is 10.7. The molecule has 0 fully saturated rings. The van der Waals surface area contributed by atoms with Gasteiger partial charge in [0.15, 0.2) is 5.16 Å². The molecule has 0 radical (unpaired) electrons. The van der Waals surface area contributed by atoms with Gasteiger partial charge in [0.2, 0.25) is 0 Å². The molecule has 0 saturated carbocycles. The van der Waals surface area contributed by atoms with Gasteiger partial charge in [0.05, 0.1) is 31.9 Å². The number of ether oxygens (including phenoxy) is 2. The van der Waals surface area contributed by atoms with E-state index in [2.05, 4.69) is 15.3 Å². The molecule has 1 atom stereocenters. The third-order valence-corrected chi connectivity index (χ3v) is 4.95. The zero-order chi connectivity index (χ0) is 19.1. The monoisotopic (exact) mass is 385 g/mol. The Bertz CT molecular complexity index is 874. The number of anilines is 1. The summed E-state index contributed by atoms with van der Waals surface area (Å²) in [5.74, 6) is 2.06. The van der Waals surface area contributed by atoms with Crippen LogP contribution in [0.3, 0.4) is 0 Å². The summed E-state index contributed by atoms with van der Waals surface area (Å²) in [5, 5.41) is 14.9. The lowest BCUT2D eigenvalue weighted by Crippen LogP contribution is -2.18. The molecule has 3 aromatic rings. The fourth-order valence-electron chi connectivity index (χ4n) is 2.56. The van der Waals surface area contributed by atoms with Crippen LogP contribution in [0.2, 0.25) is 0 Å². The third kappa shape index (κ3) is 5.32. The van der Waals surface area contributed by atoms with E-state index in [1.54, 1.807) is 7.11 Å². The number of fused-ring (bicyclic) bond motifs is 1. The summed E-state index contributed by atoms with van der Waals surface area (Å²) in [6.07, 6.45) is -0.596. The van der Waals surface area contributed by atoms with Gasteiger partial charge in [-0.05, 0) is 29.8 Å². The number of aliphatic hydroxyl groups is 1. The van der Waals surface area contributed by atoms with E-state index in [0.717, 1.165) is 28.0 Å². The number of hydrogen-bond donors (Lipinski definition) is 2. The van der Waals surface area contributed by atoms with Crippen LogP contribution in [0.5, 0.6) is 5.75 Å². The highest BCUT2D eigenvalue weighted by atomic mass is 32.2. The van der Waals surface area contributed by atoms with Crippen molar-refractivity contribution in [2.45, 2.75) is 17.9 Å². The Morgan fingerprint density at radius 2 is 1.89 bits per heavy atom. The highest BCUT2D eigenvalue weighted by molar-refractivity contribution is 7.99. The first-order chi connectivity index (χ1) is 13.2. The summed E-state index contributed by atoms with van der Waals surface area (Å²) in [4.78, 5) is 9.06. The normalized spacial score (nSPS) is 12.1. The molecule has 27 heavy (non-hydrogen) atoms. The summed E-state index contributed by atoms with van der Waals surface area (Å²) in [6.45, 7) is 0.702. The van der Waals surface area contributed by atoms with Gasteiger partial charge in [-0.15, -0.1) is 0 Å². The minimum absolute atomic E-state index is 0.255. The summed E-state index contributed by atoms with van der Waals surface area (Å²) >= 11 is 1.42. The molecule has 0 amide bonds. The van der Waals surface area contributed by atoms with E-state index >= 15 is 0 Å². The minimum Gasteiger partial charge on any atom is -0.497 e. The van der Waals surface area contributed by atoms with Crippen LogP contribution in [0.1, 0.15) is 5.56 Å². The first-order valence-electron chi connectivity index (χ1n) is 8.65. The second-order valence-electron chi connectivity index (χ2n) is 5.95. The van der Waals surface area contributed by atoms with Crippen LogP contribution >= 0.6 is 11.8 Å². The zero-order valence-electron chi connectivity index (χ0n) is 15.4. The minimum atomic E-state index is -0.596. The fourth-order valence-corrected chi connectivity index (χ4v) is 3.32. The lowest BCUT2D eigenvalue weighted by Gasteiger charge is -2.12. The van der Waals surface area contributed by atoms with Gasteiger partial charge in [0, 0.05) is 18.2 Å². The molecule has 1 heterocycles. The van der Waals surface area contributed by atoms with Crippen molar-refractivity contribution < 1.29 is 14.6 Å². The van der Waals surface area contributed by atoms with Crippen LogP contribution in [0.15, 0.2) is 53.7 Å². The Morgan fingerprint density at radius 1 is 1.11 bits per heavy atom. The zero-order valence-corrected chi connectivity index (χ0v) is 16.2. The van der Waals surface area contributed by atoms with E-state index in [1.165, 1.54) is 11.8 Å². The van der Waals surface area contributed by atoms with Crippen molar-refractivity contribution in [1.29, 1.82) is 0 Å². The second-order valence-corrected chi connectivity index (χ2v) is 6.94. The van der Waals surface area contributed by atoms with Gasteiger partial charge in [0.1, 0.15) is 11.6 Å². The number of aromatic nitrogens is 2. The molecule has 7 heteroatoms. The van der Waals surface area contributed by atoms with Crippen LogP contribution in [0.4, 0.5) is 5.82 Å². The number of benzene rings is 2. The Hall–Kier alpha value is -2.35. The van der Waals surface area contributed by atoms with Gasteiger partial charge in [-0.2, -0.15) is 0 Å². The van der Waals surface area contributed by atoms with Crippen molar-refractivity contribution in [3.8, 4) is 5.75 Å². The molecule has 6 nitrogen and oxygen atoms in total. The maximum Gasteiger partial charge on any atom is 0.190 e. The molecule has 0 unspecified atom stereocenters. The molecule has 2 N–H and O–H groups in total. The first kappa shape index (κ1) is 19.4. The number of nitrogens with one attached hydrogen (secondary N) is 1. The number of methoxy groups -OCH3 is 1. The van der Waals surface area contributed by atoms with Gasteiger partial charge in [0.25, 0.3) is 0 Å². The van der Waals surface area contributed by atoms with Crippen LogP contribution in [-0.2, 0) is 11.3 Å². The summed E-state index contributed by atoms with van der Waals surface area (Å²) in [6, 6.07) is 15.5. The van der Waals surface area contributed by atoms with Crippen molar-refractivity contribution in [3.63, 3.8) is 0 Å². The third-order valence-electron chi connectivity index (χ3n) is 3.96. The molecule has 0 saturated heterocycles. The molecule has 0 aliphatic rings. The number of nitrogens with zero attached hydrogens (tertiary/aromatic N) is 2. The quantitative estimate of drug-likeness (QED) is 0.432. The smallest absolute Gasteiger partial charge is 0.190 e. The van der Waals surface area contributed by atoms with E-state index in [0.29, 0.717) is 17.5 Å². The Kier molecular flexibility index (Phi) is 6.86. The molecule has 1 aromatic heterocycles. The van der Waals surface area contributed by atoms with Crippen molar-refractivity contribution in [2.75, 3.05) is 31.8 Å². The topological polar surface area (TPSA) is 76.5 Å². The standard InChI is InChI=1S/C20H23N3O3S/c1-21-19-17-5-3-4-6-18(17)22-20(23-19)27-13-15(24)12-26-11-14-7-9-16(25-2)10-8-14/h3-10,15,24H,11-13H2,1-2H3,(H,21,22,23)/t15-/m0/s1. The van der Waals surface area contributed by atoms with E-state index in [9.17, 15) is 5.11 Å². The molecule has 0 spiro atoms. The van der Waals surface area contributed by atoms with E-state index in [4.69, 9.17) is 9.47 Å². The van der Waals surface area contributed by atoms with Crippen molar-refractivity contribution in [1.82, 2.24) is 9.97 Å². The lowest BCUT2D eigenvalue weighted by molar-refractivity contribution is 0.0397. The Morgan fingerprint density at radius 3 is 2.63 bits per heavy atom. The Balaban J connectivity index is 1.50. The van der Waals surface area contributed by atoms with E-state index in [-0.39, 0.29) is 6.61 Å². The number of rotatable bonds is 9. The van der Waals surface area contributed by atoms with Crippen molar-refractivity contribution in [3.05, 3.63) is 54.1 Å². The maximum absolute atomic E-state index is 10.2. The number of thioether (sulfide) groups is 1. The van der Waals surface area contributed by atoms with Gasteiger partial charge < -0.3 is 19.9 Å². The van der Waals surface area contributed by atoms with Gasteiger partial charge in [-0.1, -0.05) is 36.0 Å². The number of hydrogen-bond acceptors (Lipinski definition) is 7. The second kappa shape index (κ2) is 9.55. The molecular formula is C20H23N3O3S. The van der Waals surface area contributed by atoms with Gasteiger partial charge in [-0.3, -0.25) is 0 Å². The highest BCUT2D eigenvalue weighted by Crippen LogP contribution is 2.24. The summed E-state index contributed by atoms with van der Waals surface area (Å²) in [5.41, 5.74) is 1.91. The molecule has 0 aliphatic carbocycles. The van der Waals surface area contributed by atoms with Crippen LogP contribution in [0.25, 0.3) is 10.9 Å². The van der Waals surface area contributed by atoms with Crippen molar-refractivity contribution in [2.24, 2.45) is 0 Å².